The summed E-state index contributed by atoms with van der Waals surface area (Å²) >= 11 is 3.61. The Labute approximate surface area is 106 Å². The predicted octanol–water partition coefficient (Wildman–Crippen LogP) is 3.88. The van der Waals surface area contributed by atoms with Gasteiger partial charge in [0.1, 0.15) is 0 Å². The normalized spacial score (nSPS) is 25.9. The van der Waals surface area contributed by atoms with Crippen LogP contribution < -0.4 is 0 Å². The summed E-state index contributed by atoms with van der Waals surface area (Å²) in [6, 6.07) is 7.49. The van der Waals surface area contributed by atoms with Crippen LogP contribution in [0.4, 0.5) is 0 Å². The Kier molecular flexibility index (Phi) is 2.41. The number of nitrogens with zero attached hydrogens (tertiary/aromatic N) is 1. The third-order valence-corrected chi connectivity index (χ3v) is 4.81. The van der Waals surface area contributed by atoms with Crippen LogP contribution in [0.25, 0.3) is 0 Å². The Balaban J connectivity index is 2.10. The predicted molar refractivity (Wildman–Crippen MR) is 70.7 cm³/mol. The summed E-state index contributed by atoms with van der Waals surface area (Å²) < 4.78 is 1.23. The largest absolute Gasteiger partial charge is 0.302 e. The highest BCUT2D eigenvalue weighted by Crippen LogP contribution is 2.58. The second-order valence-corrected chi connectivity index (χ2v) is 6.45. The zero-order chi connectivity index (χ0) is 11.3. The first-order valence-electron chi connectivity index (χ1n) is 6.09. The highest BCUT2D eigenvalue weighted by Gasteiger charge is 2.48. The standard InChI is InChI=1S/C14H18BrN/c1-16(2)13-5-6-14(7-8-14)12-9-10(15)3-4-11(12)13/h3-4,9,13H,5-8H2,1-2H3. The second-order valence-electron chi connectivity index (χ2n) is 5.53. The average molecular weight is 280 g/mol. The summed E-state index contributed by atoms with van der Waals surface area (Å²) in [6.07, 6.45) is 5.49. The topological polar surface area (TPSA) is 3.24 Å². The average Bonchev–Trinajstić information content (AvgIpc) is 3.00. The van der Waals surface area contributed by atoms with E-state index in [2.05, 4.69) is 53.1 Å². The molecule has 0 amide bonds. The van der Waals surface area contributed by atoms with E-state index < -0.39 is 0 Å². The molecule has 3 rings (SSSR count). The minimum atomic E-state index is 0.561. The molecule has 16 heavy (non-hydrogen) atoms. The number of benzene rings is 1. The lowest BCUT2D eigenvalue weighted by Gasteiger charge is -2.35. The van der Waals surface area contributed by atoms with Crippen molar-refractivity contribution in [2.24, 2.45) is 0 Å². The summed E-state index contributed by atoms with van der Waals surface area (Å²) in [4.78, 5) is 2.36. The number of rotatable bonds is 1. The molecule has 86 valence electrons. The lowest BCUT2D eigenvalue weighted by Crippen LogP contribution is -2.28. The number of fused-ring (bicyclic) bond motifs is 2. The molecule has 1 saturated carbocycles. The van der Waals surface area contributed by atoms with E-state index in [-0.39, 0.29) is 0 Å². The van der Waals surface area contributed by atoms with Crippen molar-refractivity contribution in [3.05, 3.63) is 33.8 Å². The third-order valence-electron chi connectivity index (χ3n) is 4.32. The fourth-order valence-corrected chi connectivity index (χ4v) is 3.55. The first-order chi connectivity index (χ1) is 7.62. The fraction of sp³-hybridized carbons (Fsp3) is 0.571. The molecule has 0 aliphatic heterocycles. The molecule has 2 aliphatic rings. The quantitative estimate of drug-likeness (QED) is 0.754. The molecule has 1 nitrogen and oxygen atoms in total. The first-order valence-corrected chi connectivity index (χ1v) is 6.88. The Hall–Kier alpha value is -0.340. The molecule has 1 aromatic carbocycles. The Morgan fingerprint density at radius 3 is 2.62 bits per heavy atom. The van der Waals surface area contributed by atoms with Crippen LogP contribution in [-0.2, 0) is 5.41 Å². The summed E-state index contributed by atoms with van der Waals surface area (Å²) in [5, 5.41) is 0. The van der Waals surface area contributed by atoms with Crippen molar-refractivity contribution in [2.75, 3.05) is 14.1 Å². The Morgan fingerprint density at radius 2 is 2.00 bits per heavy atom. The lowest BCUT2D eigenvalue weighted by molar-refractivity contribution is 0.254. The molecular weight excluding hydrogens is 262 g/mol. The van der Waals surface area contributed by atoms with Gasteiger partial charge < -0.3 is 4.90 Å². The van der Waals surface area contributed by atoms with Crippen molar-refractivity contribution >= 4 is 15.9 Å². The van der Waals surface area contributed by atoms with E-state index in [4.69, 9.17) is 0 Å². The molecule has 1 atom stereocenters. The molecule has 0 saturated heterocycles. The maximum atomic E-state index is 3.61. The maximum Gasteiger partial charge on any atom is 0.0345 e. The van der Waals surface area contributed by atoms with Gasteiger partial charge in [-0.1, -0.05) is 22.0 Å². The van der Waals surface area contributed by atoms with E-state index in [0.717, 1.165) is 0 Å². The lowest BCUT2D eigenvalue weighted by atomic mass is 9.77. The van der Waals surface area contributed by atoms with Crippen LogP contribution in [0.3, 0.4) is 0 Å². The molecule has 0 heterocycles. The van der Waals surface area contributed by atoms with Crippen LogP contribution in [-0.4, -0.2) is 19.0 Å². The van der Waals surface area contributed by atoms with Crippen molar-refractivity contribution in [3.8, 4) is 0 Å². The van der Waals surface area contributed by atoms with E-state index in [1.165, 1.54) is 30.2 Å². The summed E-state index contributed by atoms with van der Waals surface area (Å²) in [5.74, 6) is 0. The van der Waals surface area contributed by atoms with Gasteiger partial charge >= 0.3 is 0 Å². The molecule has 0 bridgehead atoms. The second kappa shape index (κ2) is 3.58. The number of halogens is 1. The SMILES string of the molecule is CN(C)C1CCC2(CC2)c2cc(Br)ccc21. The van der Waals surface area contributed by atoms with Gasteiger partial charge in [0.25, 0.3) is 0 Å². The van der Waals surface area contributed by atoms with Gasteiger partial charge in [0.2, 0.25) is 0 Å². The monoisotopic (exact) mass is 279 g/mol. The number of hydrogen-bond acceptors (Lipinski definition) is 1. The molecule has 1 spiro atoms. The molecule has 1 fully saturated rings. The summed E-state index contributed by atoms with van der Waals surface area (Å²) in [5.41, 5.74) is 3.75. The molecule has 2 heteroatoms. The van der Waals surface area contributed by atoms with Crippen LogP contribution in [0.1, 0.15) is 42.9 Å². The molecule has 2 aliphatic carbocycles. The Bertz CT molecular complexity index is 421. The van der Waals surface area contributed by atoms with Crippen molar-refractivity contribution < 1.29 is 0 Å². The van der Waals surface area contributed by atoms with E-state index in [9.17, 15) is 0 Å². The van der Waals surface area contributed by atoms with Crippen molar-refractivity contribution in [3.63, 3.8) is 0 Å². The molecule has 0 radical (unpaired) electrons. The van der Waals surface area contributed by atoms with E-state index in [0.29, 0.717) is 11.5 Å². The van der Waals surface area contributed by atoms with Crippen LogP contribution in [0.15, 0.2) is 22.7 Å². The van der Waals surface area contributed by atoms with Crippen molar-refractivity contribution in [2.45, 2.75) is 37.1 Å². The minimum Gasteiger partial charge on any atom is -0.302 e. The zero-order valence-electron chi connectivity index (χ0n) is 9.96. The van der Waals surface area contributed by atoms with Crippen LogP contribution in [0.2, 0.25) is 0 Å². The van der Waals surface area contributed by atoms with Crippen molar-refractivity contribution in [1.29, 1.82) is 0 Å². The first kappa shape index (κ1) is 10.8. The smallest absolute Gasteiger partial charge is 0.0345 e. The van der Waals surface area contributed by atoms with Gasteiger partial charge in [-0.15, -0.1) is 0 Å². The minimum absolute atomic E-state index is 0.561. The molecule has 0 aromatic heterocycles. The van der Waals surface area contributed by atoms with Gasteiger partial charge in [-0.3, -0.25) is 0 Å². The van der Waals surface area contributed by atoms with E-state index in [1.807, 2.05) is 0 Å². The van der Waals surface area contributed by atoms with Gasteiger partial charge in [-0.25, -0.2) is 0 Å². The van der Waals surface area contributed by atoms with Crippen molar-refractivity contribution in [1.82, 2.24) is 4.90 Å². The Morgan fingerprint density at radius 1 is 1.25 bits per heavy atom. The van der Waals surface area contributed by atoms with E-state index >= 15 is 0 Å². The number of hydrogen-bond donors (Lipinski definition) is 0. The van der Waals surface area contributed by atoms with Crippen LogP contribution in [0, 0.1) is 0 Å². The van der Waals surface area contributed by atoms with Crippen LogP contribution in [0.5, 0.6) is 0 Å². The maximum absolute atomic E-state index is 3.61. The summed E-state index contributed by atoms with van der Waals surface area (Å²) in [7, 11) is 4.39. The van der Waals surface area contributed by atoms with E-state index in [1.54, 1.807) is 11.1 Å². The molecule has 0 N–H and O–H groups in total. The molecule has 1 aromatic rings. The molecular formula is C14H18BrN. The third kappa shape index (κ3) is 1.54. The fourth-order valence-electron chi connectivity index (χ4n) is 3.19. The van der Waals surface area contributed by atoms with Crippen LogP contribution >= 0.6 is 15.9 Å². The zero-order valence-corrected chi connectivity index (χ0v) is 11.5. The van der Waals surface area contributed by atoms with Gasteiger partial charge in [0.05, 0.1) is 0 Å². The molecule has 1 unspecified atom stereocenters. The van der Waals surface area contributed by atoms with Gasteiger partial charge in [0, 0.05) is 10.5 Å². The highest BCUT2D eigenvalue weighted by molar-refractivity contribution is 9.10. The van der Waals surface area contributed by atoms with Gasteiger partial charge in [-0.05, 0) is 68.5 Å². The van der Waals surface area contributed by atoms with Gasteiger partial charge in [0.15, 0.2) is 0 Å². The highest BCUT2D eigenvalue weighted by atomic mass is 79.9. The van der Waals surface area contributed by atoms with Gasteiger partial charge in [-0.2, -0.15) is 0 Å². The summed E-state index contributed by atoms with van der Waals surface area (Å²) in [6.45, 7) is 0.